The number of fused-ring (bicyclic) bond motifs is 1. The lowest BCUT2D eigenvalue weighted by Gasteiger charge is -2.39. The molecule has 1 fully saturated rings. The van der Waals surface area contributed by atoms with E-state index in [-0.39, 0.29) is 12.5 Å². The summed E-state index contributed by atoms with van der Waals surface area (Å²) in [5.74, 6) is 1.14. The highest BCUT2D eigenvalue weighted by atomic mass is 16.5. The molecule has 4 rings (SSSR count). The van der Waals surface area contributed by atoms with Crippen molar-refractivity contribution >= 4 is 11.9 Å². The number of anilines is 1. The first-order valence-corrected chi connectivity index (χ1v) is 9.15. The standard InChI is InChI=1S/C18H23N5O3/c24-16(15-13-5-1-2-6-14(13)26-22-15)21-11-18(25)7-3-10-23(12-18)17-19-8-4-9-20-17/h4,8-9,25H,1-3,5-7,10-12H2,(H,21,24). The van der Waals surface area contributed by atoms with Crippen LogP contribution < -0.4 is 10.2 Å². The third kappa shape index (κ3) is 3.41. The molecule has 138 valence electrons. The molecule has 1 atom stereocenters. The van der Waals surface area contributed by atoms with E-state index in [0.717, 1.165) is 50.0 Å². The van der Waals surface area contributed by atoms with Crippen molar-refractivity contribution < 1.29 is 14.4 Å². The Morgan fingerprint density at radius 3 is 2.92 bits per heavy atom. The minimum absolute atomic E-state index is 0.163. The minimum Gasteiger partial charge on any atom is -0.386 e. The van der Waals surface area contributed by atoms with Gasteiger partial charge in [-0.1, -0.05) is 5.16 Å². The highest BCUT2D eigenvalue weighted by Crippen LogP contribution is 2.25. The maximum absolute atomic E-state index is 12.5. The molecule has 0 spiro atoms. The van der Waals surface area contributed by atoms with Gasteiger partial charge in [-0.05, 0) is 38.2 Å². The zero-order valence-corrected chi connectivity index (χ0v) is 14.6. The highest BCUT2D eigenvalue weighted by molar-refractivity contribution is 5.93. The number of hydrogen-bond acceptors (Lipinski definition) is 7. The first kappa shape index (κ1) is 17.0. The Morgan fingerprint density at radius 2 is 2.08 bits per heavy atom. The van der Waals surface area contributed by atoms with Crippen molar-refractivity contribution in [1.29, 1.82) is 0 Å². The van der Waals surface area contributed by atoms with Gasteiger partial charge < -0.3 is 19.8 Å². The maximum Gasteiger partial charge on any atom is 0.273 e. The topological polar surface area (TPSA) is 104 Å². The zero-order chi connectivity index (χ0) is 18.0. The normalized spacial score (nSPS) is 22.7. The van der Waals surface area contributed by atoms with Gasteiger partial charge in [-0.25, -0.2) is 9.97 Å². The highest BCUT2D eigenvalue weighted by Gasteiger charge is 2.35. The quantitative estimate of drug-likeness (QED) is 0.844. The second-order valence-corrected chi connectivity index (χ2v) is 7.12. The molecule has 1 amide bonds. The summed E-state index contributed by atoms with van der Waals surface area (Å²) in [5.41, 5.74) is 0.266. The third-order valence-corrected chi connectivity index (χ3v) is 5.13. The van der Waals surface area contributed by atoms with Crippen molar-refractivity contribution in [1.82, 2.24) is 20.4 Å². The summed E-state index contributed by atoms with van der Waals surface area (Å²) in [6.07, 6.45) is 8.58. The molecule has 8 heteroatoms. The summed E-state index contributed by atoms with van der Waals surface area (Å²) in [7, 11) is 0. The number of hydrogen-bond donors (Lipinski definition) is 2. The van der Waals surface area contributed by atoms with Gasteiger partial charge >= 0.3 is 0 Å². The van der Waals surface area contributed by atoms with Gasteiger partial charge in [-0.15, -0.1) is 0 Å². The number of piperidine rings is 1. The van der Waals surface area contributed by atoms with Crippen molar-refractivity contribution in [2.24, 2.45) is 0 Å². The Morgan fingerprint density at radius 1 is 1.27 bits per heavy atom. The predicted molar refractivity (Wildman–Crippen MR) is 93.9 cm³/mol. The number of rotatable bonds is 4. The van der Waals surface area contributed by atoms with E-state index in [1.54, 1.807) is 18.5 Å². The number of nitrogens with one attached hydrogen (secondary N) is 1. The van der Waals surface area contributed by atoms with Crippen LogP contribution in [0.4, 0.5) is 5.95 Å². The summed E-state index contributed by atoms with van der Waals surface area (Å²) < 4.78 is 5.30. The van der Waals surface area contributed by atoms with Crippen LogP contribution in [-0.4, -0.2) is 51.4 Å². The van der Waals surface area contributed by atoms with Crippen LogP contribution in [0.25, 0.3) is 0 Å². The molecule has 0 radical (unpaired) electrons. The van der Waals surface area contributed by atoms with Crippen LogP contribution in [0.5, 0.6) is 0 Å². The fraction of sp³-hybridized carbons (Fsp3) is 0.556. The van der Waals surface area contributed by atoms with E-state index in [0.29, 0.717) is 24.6 Å². The van der Waals surface area contributed by atoms with Crippen molar-refractivity contribution in [3.63, 3.8) is 0 Å². The molecule has 1 unspecified atom stereocenters. The van der Waals surface area contributed by atoms with E-state index in [2.05, 4.69) is 20.4 Å². The Kier molecular flexibility index (Phi) is 4.58. The van der Waals surface area contributed by atoms with Gasteiger partial charge in [0.1, 0.15) is 5.76 Å². The summed E-state index contributed by atoms with van der Waals surface area (Å²) in [5, 5.41) is 17.7. The number of aryl methyl sites for hydroxylation is 1. The number of carbonyl (C=O) groups is 1. The number of aliphatic hydroxyl groups is 1. The Hall–Kier alpha value is -2.48. The molecule has 0 saturated carbocycles. The number of β-amino-alcohol motifs (C(OH)–C–C–N with tert-alkyl or cyclic N) is 1. The summed E-state index contributed by atoms with van der Waals surface area (Å²) in [6, 6.07) is 1.76. The molecule has 1 saturated heterocycles. The van der Waals surface area contributed by atoms with Gasteiger partial charge in [0.15, 0.2) is 5.69 Å². The van der Waals surface area contributed by atoms with Crippen molar-refractivity contribution in [2.75, 3.05) is 24.5 Å². The number of nitrogens with zero attached hydrogens (tertiary/aromatic N) is 4. The second-order valence-electron chi connectivity index (χ2n) is 7.12. The van der Waals surface area contributed by atoms with E-state index in [9.17, 15) is 9.90 Å². The first-order valence-electron chi connectivity index (χ1n) is 9.15. The van der Waals surface area contributed by atoms with E-state index < -0.39 is 5.60 Å². The lowest BCUT2D eigenvalue weighted by atomic mass is 9.92. The lowest BCUT2D eigenvalue weighted by molar-refractivity contribution is 0.0251. The number of aromatic nitrogens is 3. The molecular weight excluding hydrogens is 334 g/mol. The third-order valence-electron chi connectivity index (χ3n) is 5.13. The molecule has 0 aromatic carbocycles. The Balaban J connectivity index is 1.40. The van der Waals surface area contributed by atoms with Gasteiger partial charge in [0.05, 0.1) is 12.1 Å². The largest absolute Gasteiger partial charge is 0.386 e. The zero-order valence-electron chi connectivity index (χ0n) is 14.6. The fourth-order valence-corrected chi connectivity index (χ4v) is 3.77. The molecule has 1 aliphatic heterocycles. The first-order chi connectivity index (χ1) is 12.6. The van der Waals surface area contributed by atoms with Crippen molar-refractivity contribution in [3.8, 4) is 0 Å². The molecular formula is C18H23N5O3. The van der Waals surface area contributed by atoms with Crippen LogP contribution >= 0.6 is 0 Å². The van der Waals surface area contributed by atoms with Gasteiger partial charge in [0.2, 0.25) is 5.95 Å². The molecule has 26 heavy (non-hydrogen) atoms. The molecule has 2 aromatic heterocycles. The maximum atomic E-state index is 12.5. The number of amides is 1. The van der Waals surface area contributed by atoms with Gasteiger partial charge in [-0.2, -0.15) is 0 Å². The van der Waals surface area contributed by atoms with Crippen LogP contribution in [0.3, 0.4) is 0 Å². The van der Waals surface area contributed by atoms with Crippen LogP contribution in [0, 0.1) is 0 Å². The van der Waals surface area contributed by atoms with E-state index in [1.165, 1.54) is 0 Å². The van der Waals surface area contributed by atoms with E-state index >= 15 is 0 Å². The molecule has 2 N–H and O–H groups in total. The van der Waals surface area contributed by atoms with Crippen molar-refractivity contribution in [2.45, 2.75) is 44.1 Å². The lowest BCUT2D eigenvalue weighted by Crippen LogP contribution is -2.54. The Labute approximate surface area is 151 Å². The summed E-state index contributed by atoms with van der Waals surface area (Å²) in [4.78, 5) is 23.0. The monoisotopic (exact) mass is 357 g/mol. The molecule has 3 heterocycles. The average molecular weight is 357 g/mol. The van der Waals surface area contributed by atoms with Gasteiger partial charge in [0, 0.05) is 37.5 Å². The molecule has 0 bridgehead atoms. The fourth-order valence-electron chi connectivity index (χ4n) is 3.77. The van der Waals surface area contributed by atoms with Crippen molar-refractivity contribution in [3.05, 3.63) is 35.5 Å². The van der Waals surface area contributed by atoms with Crippen LogP contribution in [-0.2, 0) is 12.8 Å². The SMILES string of the molecule is O=C(NCC1(O)CCCN(c2ncccn2)C1)c1noc2c1CCCC2. The van der Waals surface area contributed by atoms with Crippen LogP contribution in [0.15, 0.2) is 23.0 Å². The molecule has 2 aromatic rings. The average Bonchev–Trinajstić information content (AvgIpc) is 3.11. The van der Waals surface area contributed by atoms with E-state index in [4.69, 9.17) is 4.52 Å². The number of carbonyl (C=O) groups excluding carboxylic acids is 1. The molecule has 1 aliphatic carbocycles. The van der Waals surface area contributed by atoms with E-state index in [1.807, 2.05) is 4.90 Å². The summed E-state index contributed by atoms with van der Waals surface area (Å²) in [6.45, 7) is 1.34. The van der Waals surface area contributed by atoms with Crippen LogP contribution in [0.1, 0.15) is 47.5 Å². The van der Waals surface area contributed by atoms with Gasteiger partial charge in [0.25, 0.3) is 5.91 Å². The minimum atomic E-state index is -1.02. The smallest absolute Gasteiger partial charge is 0.273 e. The predicted octanol–water partition coefficient (Wildman–Crippen LogP) is 1.10. The Bertz CT molecular complexity index is 778. The second kappa shape index (κ2) is 7.03. The summed E-state index contributed by atoms with van der Waals surface area (Å²) >= 11 is 0. The van der Waals surface area contributed by atoms with Crippen LogP contribution in [0.2, 0.25) is 0 Å². The molecule has 8 nitrogen and oxygen atoms in total. The molecule has 2 aliphatic rings. The van der Waals surface area contributed by atoms with Gasteiger partial charge in [-0.3, -0.25) is 4.79 Å².